The van der Waals surface area contributed by atoms with Crippen LogP contribution in [-0.4, -0.2) is 94.1 Å². The summed E-state index contributed by atoms with van der Waals surface area (Å²) in [7, 11) is 0. The van der Waals surface area contributed by atoms with E-state index in [1.807, 2.05) is 132 Å². The summed E-state index contributed by atoms with van der Waals surface area (Å²) in [4.78, 5) is 85.1. The Morgan fingerprint density at radius 1 is 0.333 bits per heavy atom. The van der Waals surface area contributed by atoms with E-state index >= 15 is 0 Å². The maximum atomic E-state index is 12.7. The molecule has 19 saturated carbocycles. The first-order valence-corrected chi connectivity index (χ1v) is 55.9. The van der Waals surface area contributed by atoms with Crippen LogP contribution in [0, 0.1) is 174 Å². The van der Waals surface area contributed by atoms with Crippen LogP contribution in [0.4, 0.5) is 0 Å². The van der Waals surface area contributed by atoms with Gasteiger partial charge in [0.15, 0.2) is 6.29 Å². The fraction of sp³-hybridized carbons (Fsp3) is 0.947. The first kappa shape index (κ1) is 147. The lowest BCUT2D eigenvalue weighted by Crippen LogP contribution is -2.53. The summed E-state index contributed by atoms with van der Waals surface area (Å²) >= 11 is 0. The van der Waals surface area contributed by atoms with Gasteiger partial charge >= 0.3 is 41.8 Å². The van der Waals surface area contributed by atoms with Crippen LogP contribution in [0.25, 0.3) is 0 Å². The van der Waals surface area contributed by atoms with Crippen molar-refractivity contribution in [3.63, 3.8) is 0 Å². The molecule has 0 radical (unpaired) electrons. The van der Waals surface area contributed by atoms with Crippen molar-refractivity contribution in [1.82, 2.24) is 0 Å². The molecule has 16 heteroatoms. The molecule has 0 aromatic rings. The van der Waals surface area contributed by atoms with Crippen LogP contribution in [0.15, 0.2) is 0 Å². The molecule has 26 unspecified atom stereocenters. The zero-order valence-electron chi connectivity index (χ0n) is 90.5. The highest BCUT2D eigenvalue weighted by Gasteiger charge is 2.71. The second-order valence-electron chi connectivity index (χ2n) is 53.9. The van der Waals surface area contributed by atoms with E-state index in [1.54, 1.807) is 0 Å². The fourth-order valence-electron chi connectivity index (χ4n) is 31.7. The Morgan fingerprint density at radius 2 is 0.735 bits per heavy atom. The third-order valence-electron chi connectivity index (χ3n) is 41.9. The number of rotatable bonds is 26. The summed E-state index contributed by atoms with van der Waals surface area (Å²) in [5, 5.41) is 0. The van der Waals surface area contributed by atoms with Crippen LogP contribution in [-0.2, 0) is 76.2 Å². The van der Waals surface area contributed by atoms with Gasteiger partial charge in [-0.2, -0.15) is 0 Å². The van der Waals surface area contributed by atoms with E-state index in [0.717, 1.165) is 190 Å². The number of carbonyl (C=O) groups is 7. The first-order valence-electron chi connectivity index (χ1n) is 55.9. The van der Waals surface area contributed by atoms with Crippen LogP contribution in [0.2, 0.25) is 0 Å². The van der Waals surface area contributed by atoms with Gasteiger partial charge in [-0.05, 0) is 492 Å². The summed E-state index contributed by atoms with van der Waals surface area (Å²) in [5.41, 5.74) is -2.10. The molecule has 0 aromatic carbocycles. The largest absolute Gasteiger partial charge is 0.459 e. The van der Waals surface area contributed by atoms with E-state index in [2.05, 4.69) is 76.2 Å². The van der Waals surface area contributed by atoms with Gasteiger partial charge in [0.05, 0.1) is 50.6 Å². The highest BCUT2D eigenvalue weighted by molar-refractivity contribution is 5.78. The predicted molar refractivity (Wildman–Crippen MR) is 624 cm³/mol. The van der Waals surface area contributed by atoms with Gasteiger partial charge < -0.3 is 42.6 Å². The molecular formula is C131H254O16. The van der Waals surface area contributed by atoms with Crippen LogP contribution in [0.5, 0.6) is 0 Å². The minimum absolute atomic E-state index is 0. The van der Waals surface area contributed by atoms with Crippen LogP contribution in [0.3, 0.4) is 0 Å². The van der Waals surface area contributed by atoms with Gasteiger partial charge in [0, 0.05) is 17.8 Å². The number of ether oxygens (including phenoxy) is 9. The molecule has 26 atom stereocenters. The molecule has 16 nitrogen and oxygen atoms in total. The lowest BCUT2D eigenvalue weighted by Gasteiger charge is -2.56. The fourth-order valence-corrected chi connectivity index (χ4v) is 31.7. The number of esters is 7. The monoisotopic (exact) mass is 2080 g/mol. The summed E-state index contributed by atoms with van der Waals surface area (Å²) in [5.74, 6) is 17.7. The number of hydrogen-bond donors (Lipinski definition) is 0. The van der Waals surface area contributed by atoms with Crippen LogP contribution in [0.1, 0.15) is 575 Å². The number of carbonyl (C=O) groups excluding carboxylic acids is 7. The molecule has 1 spiro atoms. The summed E-state index contributed by atoms with van der Waals surface area (Å²) in [6.45, 7) is 61.9. The normalized spacial score (nSPS) is 35.0. The number of hydrogen-bond acceptors (Lipinski definition) is 16. The first-order chi connectivity index (χ1) is 62.0. The Labute approximate surface area is 913 Å². The third-order valence-corrected chi connectivity index (χ3v) is 41.9. The standard InChI is InChI=1S/C21H36O2.C20H32O3.C19H30O2.C18H30O3.C15H26O2.C13H24O2.C11H20O2.14CH4/c1-8-18(3,4)17(22)23-20(7)11-12-21-13-16(20)19(5,6)15(21)10-9-14(21)2;1-5-20(3,4)19(21)23-11(2)22-16-10-14-9-15(16)18-13-7-6-12(8-13)17(14)18;1-5-18(2,3)17(20)21-19(4)10-13-9-14(19)16-12-7-6-11(8-12)15(13)16;1-5-17(3,4)16(19)20-12(2)21-18-9-13-6-14(10-18)8-15(7-13)11-18;1-5-10(2)14(16)17-15(3,4)13-9-11-6-7-12(13)8-11;1-5-12(2,3)11(14)15-13(4)9-7-6-8-10-13;1-4-9(2)10(12)13-11(3)7-5-6-8-11;;;;;;;;;;;;;;/h14-16H,8-13H2,1-7H3;11-18H,5-10H2,1-4H3;11-16H,5-10H2,1-4H3;12-15H,5-11H2,1-4H3;10-13H,5-9H2,1-4H3;5-10H2,1-4H3;9H,4-8H2,1-3H3;14*1H4. The third kappa shape index (κ3) is 31.9. The molecule has 19 aliphatic rings. The molecule has 0 aromatic heterocycles. The molecule has 0 aliphatic heterocycles. The Bertz CT molecular complexity index is 3910. The van der Waals surface area contributed by atoms with E-state index in [4.69, 9.17) is 42.6 Å². The van der Waals surface area contributed by atoms with Gasteiger partial charge in [-0.3, -0.25) is 33.6 Å². The number of fused-ring (bicyclic) bond motifs is 21. The minimum atomic E-state index is -0.418. The Morgan fingerprint density at radius 3 is 1.18 bits per heavy atom. The van der Waals surface area contributed by atoms with Crippen LogP contribution < -0.4 is 0 Å². The zero-order chi connectivity index (χ0) is 97.9. The summed E-state index contributed by atoms with van der Waals surface area (Å²) in [6.07, 6.45) is 48.8. The Hall–Kier alpha value is -3.79. The summed E-state index contributed by atoms with van der Waals surface area (Å²) in [6, 6.07) is 0. The highest BCUT2D eigenvalue weighted by atomic mass is 16.7. The van der Waals surface area contributed by atoms with Crippen molar-refractivity contribution in [2.45, 2.75) is 627 Å². The van der Waals surface area contributed by atoms with E-state index in [-0.39, 0.29) is 213 Å². The maximum Gasteiger partial charge on any atom is 0.313 e. The molecule has 19 rings (SSSR count). The van der Waals surface area contributed by atoms with Crippen molar-refractivity contribution < 1.29 is 76.2 Å². The molecule has 19 fully saturated rings. The van der Waals surface area contributed by atoms with Crippen molar-refractivity contribution in [3.05, 3.63) is 0 Å². The van der Waals surface area contributed by atoms with Gasteiger partial charge in [-0.25, -0.2) is 0 Å². The quantitative estimate of drug-likeness (QED) is 0.0342. The molecule has 0 saturated heterocycles. The smallest absolute Gasteiger partial charge is 0.313 e. The second kappa shape index (κ2) is 56.9. The highest BCUT2D eigenvalue weighted by Crippen LogP contribution is 2.75. The maximum absolute atomic E-state index is 12.7. The Kier molecular flexibility index (Phi) is 57.0. The average Bonchev–Trinajstić information content (AvgIpc) is 1.52. The zero-order valence-corrected chi connectivity index (χ0v) is 90.5. The lowest BCUT2D eigenvalue weighted by atomic mass is 9.54. The van der Waals surface area contributed by atoms with Crippen molar-refractivity contribution in [1.29, 1.82) is 0 Å². The SMILES string of the molecule is C.C.C.C.C.C.C.C.C.C.C.C.C.C.CCC(C)(C)C(=O)OC(C)OC12CC3CC(CC(C3)C1)C2.CCC(C)(C)C(=O)OC(C)OC1CC2CC1C1C3CCC(C3)C21.CCC(C)(C)C(=O)OC1(C)CC2CC1C1C3CCC(C3)C21.CCC(C)(C)C(=O)OC1(C)CCC23CC1C(C)(C)C2CCC3C.CCC(C)(C)C(=O)OC1(C)CCCCC1.CCC(C)C(=O)OC(C)(C)C1CC2CCC1C2.CCC(C)C(=O)OC1(C)CCCC1. The van der Waals surface area contributed by atoms with Gasteiger partial charge in [0.2, 0.25) is 6.29 Å². The van der Waals surface area contributed by atoms with Gasteiger partial charge in [0.25, 0.3) is 0 Å². The van der Waals surface area contributed by atoms with Gasteiger partial charge in [-0.15, -0.1) is 0 Å². The topological polar surface area (TPSA) is 203 Å². The van der Waals surface area contributed by atoms with Crippen molar-refractivity contribution >= 4 is 41.8 Å². The molecule has 0 heterocycles. The minimum Gasteiger partial charge on any atom is -0.459 e. The second-order valence-corrected chi connectivity index (χ2v) is 53.9. The summed E-state index contributed by atoms with van der Waals surface area (Å²) < 4.78 is 53.1. The Balaban J connectivity index is -0.00000163. The van der Waals surface area contributed by atoms with Crippen molar-refractivity contribution in [2.75, 3.05) is 0 Å². The van der Waals surface area contributed by atoms with Crippen molar-refractivity contribution in [3.8, 4) is 0 Å². The molecule has 874 valence electrons. The average molecular weight is 2090 g/mol. The van der Waals surface area contributed by atoms with E-state index in [9.17, 15) is 33.6 Å². The van der Waals surface area contributed by atoms with E-state index in [1.165, 1.54) is 180 Å². The van der Waals surface area contributed by atoms with Gasteiger partial charge in [0.1, 0.15) is 28.0 Å². The van der Waals surface area contributed by atoms with Crippen molar-refractivity contribution in [2.24, 2.45) is 174 Å². The van der Waals surface area contributed by atoms with Crippen LogP contribution >= 0.6 is 0 Å². The predicted octanol–water partition coefficient (Wildman–Crippen LogP) is 38.0. The lowest BCUT2D eigenvalue weighted by molar-refractivity contribution is -0.248. The molecule has 16 bridgehead atoms. The molecule has 0 amide bonds. The molecule has 19 aliphatic carbocycles. The van der Waals surface area contributed by atoms with E-state index in [0.29, 0.717) is 29.3 Å². The molecule has 0 N–H and O–H groups in total. The van der Waals surface area contributed by atoms with E-state index < -0.39 is 23.4 Å². The van der Waals surface area contributed by atoms with Gasteiger partial charge in [-0.1, -0.05) is 200 Å². The molecule has 147 heavy (non-hydrogen) atoms. The molecular weight excluding hydrogens is 1830 g/mol.